The van der Waals surface area contributed by atoms with Gasteiger partial charge in [0.15, 0.2) is 0 Å². The third-order valence-electron chi connectivity index (χ3n) is 6.84. The Kier molecular flexibility index (Phi) is 5.82. The Morgan fingerprint density at radius 2 is 1.91 bits per heavy atom. The fraction of sp³-hybridized carbons (Fsp3) is 0.233. The van der Waals surface area contributed by atoms with Gasteiger partial charge in [0, 0.05) is 48.7 Å². The van der Waals surface area contributed by atoms with E-state index in [2.05, 4.69) is 53.9 Å². The monoisotopic (exact) mass is 451 g/mol. The molecule has 0 spiro atoms. The number of anilines is 2. The van der Waals surface area contributed by atoms with Gasteiger partial charge >= 0.3 is 0 Å². The van der Waals surface area contributed by atoms with Crippen LogP contribution in [0.2, 0.25) is 0 Å². The van der Waals surface area contributed by atoms with Gasteiger partial charge in [-0.3, -0.25) is 4.99 Å². The van der Waals surface area contributed by atoms with E-state index in [4.69, 9.17) is 4.99 Å². The van der Waals surface area contributed by atoms with E-state index in [1.165, 1.54) is 5.56 Å². The standard InChI is InChI=1S/C30H30FN3/c1-5-24-29-25(16-27(31)30(24)33-13-9-10-14-33)21(4)26(20(2)3)19-34(29)18-22-15-28(32-17-22)23-11-7-6-8-12-23/h5-8,11-12,15-17,19,28H,1-2,4,9-10,13-14,18H2,3H3. The van der Waals surface area contributed by atoms with Crippen molar-refractivity contribution in [2.75, 3.05) is 29.4 Å². The van der Waals surface area contributed by atoms with Gasteiger partial charge in [-0.05, 0) is 54.2 Å². The van der Waals surface area contributed by atoms with Gasteiger partial charge in [-0.2, -0.15) is 0 Å². The molecule has 1 unspecified atom stereocenters. The predicted molar refractivity (Wildman–Crippen MR) is 143 cm³/mol. The second-order valence-corrected chi connectivity index (χ2v) is 9.22. The molecule has 0 radical (unpaired) electrons. The minimum Gasteiger partial charge on any atom is -0.369 e. The van der Waals surface area contributed by atoms with Crippen molar-refractivity contribution in [3.8, 4) is 0 Å². The van der Waals surface area contributed by atoms with Gasteiger partial charge in [0.2, 0.25) is 0 Å². The van der Waals surface area contributed by atoms with Crippen LogP contribution in [0.25, 0.3) is 11.6 Å². The smallest absolute Gasteiger partial charge is 0.147 e. The van der Waals surface area contributed by atoms with Gasteiger partial charge in [0.05, 0.1) is 17.4 Å². The molecule has 3 heterocycles. The van der Waals surface area contributed by atoms with E-state index in [1.807, 2.05) is 31.3 Å². The average Bonchev–Trinajstić information content (AvgIpc) is 3.53. The third-order valence-corrected chi connectivity index (χ3v) is 6.84. The molecule has 34 heavy (non-hydrogen) atoms. The maximum atomic E-state index is 15.5. The highest BCUT2D eigenvalue weighted by atomic mass is 19.1. The zero-order valence-electron chi connectivity index (χ0n) is 19.7. The Balaban J connectivity index is 1.59. The molecule has 0 amide bonds. The van der Waals surface area contributed by atoms with Gasteiger partial charge < -0.3 is 9.80 Å². The van der Waals surface area contributed by atoms with Crippen LogP contribution in [0.5, 0.6) is 0 Å². The van der Waals surface area contributed by atoms with Crippen molar-refractivity contribution >= 4 is 29.2 Å². The molecule has 0 N–H and O–H groups in total. The minimum atomic E-state index is -0.217. The SMILES string of the molecule is C=Cc1c2c(cc(F)c1N1CCCC1)C(=C)C(C(=C)C)=CN2CC1=CC(c2ccccc2)N=C1. The molecule has 0 aliphatic carbocycles. The molecule has 2 aromatic carbocycles. The number of aliphatic imine (C=N–C) groups is 1. The molecular weight excluding hydrogens is 421 g/mol. The predicted octanol–water partition coefficient (Wildman–Crippen LogP) is 7.11. The highest BCUT2D eigenvalue weighted by Crippen LogP contribution is 2.46. The van der Waals surface area contributed by atoms with Crippen molar-refractivity contribution in [3.05, 3.63) is 108 Å². The molecule has 3 aliphatic rings. The quantitative estimate of drug-likeness (QED) is 0.466. The second kappa shape index (κ2) is 8.94. The first-order valence-electron chi connectivity index (χ1n) is 11.8. The van der Waals surface area contributed by atoms with E-state index in [0.717, 1.165) is 65.0 Å². The summed E-state index contributed by atoms with van der Waals surface area (Å²) in [6.07, 6.45) is 10.2. The number of halogens is 1. The number of fused-ring (bicyclic) bond motifs is 1. The van der Waals surface area contributed by atoms with Gasteiger partial charge in [-0.1, -0.05) is 56.1 Å². The van der Waals surface area contributed by atoms with Gasteiger partial charge in [-0.15, -0.1) is 0 Å². The summed E-state index contributed by atoms with van der Waals surface area (Å²) in [5.41, 5.74) is 8.14. The summed E-state index contributed by atoms with van der Waals surface area (Å²) in [7, 11) is 0. The van der Waals surface area contributed by atoms with E-state index in [-0.39, 0.29) is 11.9 Å². The van der Waals surface area contributed by atoms with Crippen molar-refractivity contribution in [2.24, 2.45) is 4.99 Å². The van der Waals surface area contributed by atoms with Crippen molar-refractivity contribution in [1.82, 2.24) is 0 Å². The lowest BCUT2D eigenvalue weighted by atomic mass is 9.88. The van der Waals surface area contributed by atoms with Gasteiger partial charge in [0.1, 0.15) is 5.82 Å². The number of hydrogen-bond donors (Lipinski definition) is 0. The summed E-state index contributed by atoms with van der Waals surface area (Å²) >= 11 is 0. The van der Waals surface area contributed by atoms with Crippen LogP contribution in [0.1, 0.15) is 42.5 Å². The van der Waals surface area contributed by atoms with E-state index in [1.54, 1.807) is 12.1 Å². The Bertz CT molecular complexity index is 1260. The van der Waals surface area contributed by atoms with Crippen LogP contribution in [0.3, 0.4) is 0 Å². The molecule has 1 fully saturated rings. The van der Waals surface area contributed by atoms with Crippen LogP contribution < -0.4 is 9.80 Å². The number of benzene rings is 2. The molecule has 172 valence electrons. The molecule has 0 bridgehead atoms. The molecule has 3 aliphatic heterocycles. The molecule has 3 nitrogen and oxygen atoms in total. The van der Waals surface area contributed by atoms with Crippen molar-refractivity contribution in [1.29, 1.82) is 0 Å². The Morgan fingerprint density at radius 3 is 2.59 bits per heavy atom. The van der Waals surface area contributed by atoms with Crippen LogP contribution in [0, 0.1) is 5.82 Å². The molecular formula is C30H30FN3. The third kappa shape index (κ3) is 3.83. The maximum absolute atomic E-state index is 15.5. The lowest BCUT2D eigenvalue weighted by molar-refractivity contribution is 0.622. The number of hydrogen-bond acceptors (Lipinski definition) is 3. The summed E-state index contributed by atoms with van der Waals surface area (Å²) < 4.78 is 15.5. The Morgan fingerprint density at radius 1 is 1.18 bits per heavy atom. The summed E-state index contributed by atoms with van der Waals surface area (Å²) in [5, 5.41) is 0. The Hall–Kier alpha value is -3.66. The molecule has 1 atom stereocenters. The van der Waals surface area contributed by atoms with Gasteiger partial charge in [0.25, 0.3) is 0 Å². The van der Waals surface area contributed by atoms with Crippen molar-refractivity contribution < 1.29 is 4.39 Å². The molecule has 4 heteroatoms. The molecule has 0 aromatic heterocycles. The Labute approximate surface area is 201 Å². The van der Waals surface area contributed by atoms with Crippen molar-refractivity contribution in [2.45, 2.75) is 25.8 Å². The first-order chi connectivity index (χ1) is 16.5. The lowest BCUT2D eigenvalue weighted by Crippen LogP contribution is -2.28. The number of allylic oxidation sites excluding steroid dienone is 3. The normalized spacial score (nSPS) is 19.2. The van der Waals surface area contributed by atoms with Crippen LogP contribution >= 0.6 is 0 Å². The maximum Gasteiger partial charge on any atom is 0.147 e. The van der Waals surface area contributed by atoms with E-state index in [0.29, 0.717) is 12.2 Å². The number of nitrogens with zero attached hydrogens (tertiary/aromatic N) is 3. The fourth-order valence-electron chi connectivity index (χ4n) is 5.17. The van der Waals surface area contributed by atoms with Crippen LogP contribution in [-0.2, 0) is 0 Å². The largest absolute Gasteiger partial charge is 0.369 e. The molecule has 1 saturated heterocycles. The summed E-state index contributed by atoms with van der Waals surface area (Å²) in [6.45, 7) is 16.8. The van der Waals surface area contributed by atoms with Crippen molar-refractivity contribution in [3.63, 3.8) is 0 Å². The summed E-state index contributed by atoms with van der Waals surface area (Å²) in [5.74, 6) is -0.217. The molecule has 2 aromatic rings. The highest BCUT2D eigenvalue weighted by Gasteiger charge is 2.30. The zero-order chi connectivity index (χ0) is 23.8. The van der Waals surface area contributed by atoms with E-state index >= 15 is 4.39 Å². The van der Waals surface area contributed by atoms with Crippen LogP contribution in [0.15, 0.2) is 90.1 Å². The average molecular weight is 452 g/mol. The second-order valence-electron chi connectivity index (χ2n) is 9.22. The highest BCUT2D eigenvalue weighted by molar-refractivity contribution is 5.98. The van der Waals surface area contributed by atoms with E-state index in [9.17, 15) is 0 Å². The topological polar surface area (TPSA) is 18.8 Å². The molecule has 0 saturated carbocycles. The zero-order valence-corrected chi connectivity index (χ0v) is 19.7. The summed E-state index contributed by atoms with van der Waals surface area (Å²) in [6, 6.07) is 12.0. The number of rotatable bonds is 6. The molecule has 5 rings (SSSR count). The fourth-order valence-corrected chi connectivity index (χ4v) is 5.17. The van der Waals surface area contributed by atoms with Crippen LogP contribution in [-0.4, -0.2) is 25.8 Å². The van der Waals surface area contributed by atoms with E-state index < -0.39 is 0 Å². The first kappa shape index (κ1) is 22.1. The van der Waals surface area contributed by atoms with Crippen LogP contribution in [0.4, 0.5) is 15.8 Å². The minimum absolute atomic E-state index is 0.0206. The first-order valence-corrected chi connectivity index (χ1v) is 11.8. The van der Waals surface area contributed by atoms with Gasteiger partial charge in [-0.25, -0.2) is 4.39 Å². The summed E-state index contributed by atoms with van der Waals surface area (Å²) in [4.78, 5) is 9.06. The lowest BCUT2D eigenvalue weighted by Gasteiger charge is -2.35.